The molecule has 0 spiro atoms. The molecule has 5 heteroatoms. The first kappa shape index (κ1) is 11.1. The van der Waals surface area contributed by atoms with E-state index in [1.165, 1.54) is 0 Å². The van der Waals surface area contributed by atoms with Crippen molar-refractivity contribution in [3.8, 4) is 11.5 Å². The zero-order valence-electron chi connectivity index (χ0n) is 10.1. The van der Waals surface area contributed by atoms with E-state index in [2.05, 4.69) is 10.1 Å². The standard InChI is InChI=1S/C13H14N2O3/c1-15(8-11-5-6-14-18-11)7-10-3-2-4-12-13(10)17-9-16-12/h2-6H,7-9H2,1H3. The van der Waals surface area contributed by atoms with Gasteiger partial charge in [0.05, 0.1) is 12.7 Å². The number of fused-ring (bicyclic) bond motifs is 1. The van der Waals surface area contributed by atoms with Crippen LogP contribution >= 0.6 is 0 Å². The number of hydrogen-bond acceptors (Lipinski definition) is 5. The fourth-order valence-corrected chi connectivity index (χ4v) is 2.05. The van der Waals surface area contributed by atoms with Gasteiger partial charge in [-0.25, -0.2) is 0 Å². The summed E-state index contributed by atoms with van der Waals surface area (Å²) in [6, 6.07) is 7.81. The van der Waals surface area contributed by atoms with Crippen LogP contribution in [0.25, 0.3) is 0 Å². The molecule has 0 amide bonds. The first-order chi connectivity index (χ1) is 8.83. The van der Waals surface area contributed by atoms with E-state index >= 15 is 0 Å². The van der Waals surface area contributed by atoms with Gasteiger partial charge in [0.2, 0.25) is 6.79 Å². The Morgan fingerprint density at radius 1 is 1.22 bits per heavy atom. The van der Waals surface area contributed by atoms with E-state index in [0.717, 1.165) is 29.4 Å². The lowest BCUT2D eigenvalue weighted by Gasteiger charge is -2.15. The number of nitrogens with zero attached hydrogens (tertiary/aromatic N) is 2. The predicted molar refractivity (Wildman–Crippen MR) is 64.2 cm³/mol. The molecule has 1 aromatic heterocycles. The van der Waals surface area contributed by atoms with Crippen molar-refractivity contribution in [1.82, 2.24) is 10.1 Å². The summed E-state index contributed by atoms with van der Waals surface area (Å²) in [4.78, 5) is 2.14. The van der Waals surface area contributed by atoms with Crippen LogP contribution in [0.3, 0.4) is 0 Å². The van der Waals surface area contributed by atoms with Crippen LogP contribution in [0.2, 0.25) is 0 Å². The number of benzene rings is 1. The second-order valence-corrected chi connectivity index (χ2v) is 4.30. The van der Waals surface area contributed by atoms with E-state index < -0.39 is 0 Å². The fourth-order valence-electron chi connectivity index (χ4n) is 2.05. The molecule has 0 fully saturated rings. The Hall–Kier alpha value is -2.01. The molecule has 1 aromatic carbocycles. The molecular weight excluding hydrogens is 232 g/mol. The van der Waals surface area contributed by atoms with Crippen molar-refractivity contribution in [3.05, 3.63) is 41.8 Å². The highest BCUT2D eigenvalue weighted by Gasteiger charge is 2.18. The van der Waals surface area contributed by atoms with Crippen LogP contribution in [-0.2, 0) is 13.1 Å². The van der Waals surface area contributed by atoms with E-state index in [-0.39, 0.29) is 0 Å². The minimum absolute atomic E-state index is 0.304. The predicted octanol–water partition coefficient (Wildman–Crippen LogP) is 2.04. The summed E-state index contributed by atoms with van der Waals surface area (Å²) in [7, 11) is 2.03. The van der Waals surface area contributed by atoms with Gasteiger partial charge >= 0.3 is 0 Å². The molecular formula is C13H14N2O3. The summed E-state index contributed by atoms with van der Waals surface area (Å²) in [5.74, 6) is 2.52. The van der Waals surface area contributed by atoms with Crippen LogP contribution in [0.5, 0.6) is 11.5 Å². The molecule has 0 bridgehead atoms. The van der Waals surface area contributed by atoms with Crippen molar-refractivity contribution in [2.75, 3.05) is 13.8 Å². The molecule has 1 aliphatic rings. The molecule has 18 heavy (non-hydrogen) atoms. The maximum Gasteiger partial charge on any atom is 0.231 e. The van der Waals surface area contributed by atoms with Crippen LogP contribution in [-0.4, -0.2) is 23.9 Å². The number of para-hydroxylation sites is 1. The summed E-state index contributed by atoms with van der Waals surface area (Å²) in [5, 5.41) is 3.69. The average Bonchev–Trinajstić information content (AvgIpc) is 2.99. The van der Waals surface area contributed by atoms with Crippen molar-refractivity contribution in [1.29, 1.82) is 0 Å². The van der Waals surface area contributed by atoms with E-state index in [1.807, 2.05) is 31.3 Å². The highest BCUT2D eigenvalue weighted by atomic mass is 16.7. The molecule has 0 atom stereocenters. The molecule has 94 valence electrons. The lowest BCUT2D eigenvalue weighted by atomic mass is 10.1. The van der Waals surface area contributed by atoms with Crippen molar-refractivity contribution < 1.29 is 14.0 Å². The normalized spacial score (nSPS) is 13.2. The molecule has 0 unspecified atom stereocenters. The van der Waals surface area contributed by atoms with Crippen LogP contribution in [0, 0.1) is 0 Å². The fraction of sp³-hybridized carbons (Fsp3) is 0.308. The van der Waals surface area contributed by atoms with Gasteiger partial charge in [0.1, 0.15) is 0 Å². The molecule has 0 saturated heterocycles. The van der Waals surface area contributed by atoms with Gasteiger partial charge in [-0.2, -0.15) is 0 Å². The minimum atomic E-state index is 0.304. The van der Waals surface area contributed by atoms with Gasteiger partial charge in [0, 0.05) is 18.2 Å². The molecule has 0 saturated carbocycles. The molecule has 0 radical (unpaired) electrons. The largest absolute Gasteiger partial charge is 0.454 e. The Bertz CT molecular complexity index is 525. The molecule has 0 N–H and O–H groups in total. The molecule has 1 aliphatic heterocycles. The van der Waals surface area contributed by atoms with Gasteiger partial charge in [-0.3, -0.25) is 4.90 Å². The van der Waals surface area contributed by atoms with Crippen molar-refractivity contribution >= 4 is 0 Å². The average molecular weight is 246 g/mol. The van der Waals surface area contributed by atoms with Crippen molar-refractivity contribution in [3.63, 3.8) is 0 Å². The third-order valence-corrected chi connectivity index (χ3v) is 2.84. The summed E-state index contributed by atoms with van der Waals surface area (Å²) in [6.45, 7) is 1.79. The highest BCUT2D eigenvalue weighted by Crippen LogP contribution is 2.35. The van der Waals surface area contributed by atoms with Gasteiger partial charge in [-0.15, -0.1) is 0 Å². The summed E-state index contributed by atoms with van der Waals surface area (Å²) < 4.78 is 15.9. The minimum Gasteiger partial charge on any atom is -0.454 e. The first-order valence-electron chi connectivity index (χ1n) is 5.78. The van der Waals surface area contributed by atoms with E-state index in [1.54, 1.807) is 6.20 Å². The van der Waals surface area contributed by atoms with Crippen molar-refractivity contribution in [2.45, 2.75) is 13.1 Å². The second-order valence-electron chi connectivity index (χ2n) is 4.30. The van der Waals surface area contributed by atoms with Gasteiger partial charge in [0.15, 0.2) is 17.3 Å². The Labute approximate surface area is 105 Å². The molecule has 2 aromatic rings. The van der Waals surface area contributed by atoms with Crippen LogP contribution in [0.15, 0.2) is 35.0 Å². The molecule has 5 nitrogen and oxygen atoms in total. The lowest BCUT2D eigenvalue weighted by Crippen LogP contribution is -2.17. The van der Waals surface area contributed by atoms with E-state index in [4.69, 9.17) is 14.0 Å². The Morgan fingerprint density at radius 3 is 3.00 bits per heavy atom. The third kappa shape index (κ3) is 2.17. The Morgan fingerprint density at radius 2 is 2.17 bits per heavy atom. The number of rotatable bonds is 4. The monoisotopic (exact) mass is 246 g/mol. The molecule has 2 heterocycles. The van der Waals surface area contributed by atoms with Gasteiger partial charge in [-0.1, -0.05) is 17.3 Å². The summed E-state index contributed by atoms with van der Waals surface area (Å²) in [6.07, 6.45) is 1.65. The van der Waals surface area contributed by atoms with Gasteiger partial charge < -0.3 is 14.0 Å². The van der Waals surface area contributed by atoms with E-state index in [0.29, 0.717) is 13.3 Å². The quantitative estimate of drug-likeness (QED) is 0.826. The molecule has 0 aliphatic carbocycles. The lowest BCUT2D eigenvalue weighted by molar-refractivity contribution is 0.172. The molecule has 3 rings (SSSR count). The Kier molecular flexibility index (Phi) is 2.90. The zero-order valence-corrected chi connectivity index (χ0v) is 10.1. The van der Waals surface area contributed by atoms with Crippen molar-refractivity contribution in [2.24, 2.45) is 0 Å². The number of hydrogen-bond donors (Lipinski definition) is 0. The van der Waals surface area contributed by atoms with Gasteiger partial charge in [-0.05, 0) is 13.1 Å². The topological polar surface area (TPSA) is 47.7 Å². The maximum absolute atomic E-state index is 5.48. The zero-order chi connectivity index (χ0) is 12.4. The third-order valence-electron chi connectivity index (χ3n) is 2.84. The number of ether oxygens (including phenoxy) is 2. The highest BCUT2D eigenvalue weighted by molar-refractivity contribution is 5.48. The second kappa shape index (κ2) is 4.70. The van der Waals surface area contributed by atoms with Crippen LogP contribution in [0.1, 0.15) is 11.3 Å². The van der Waals surface area contributed by atoms with Gasteiger partial charge in [0.25, 0.3) is 0 Å². The van der Waals surface area contributed by atoms with Crippen LogP contribution < -0.4 is 9.47 Å². The number of aromatic nitrogens is 1. The summed E-state index contributed by atoms with van der Waals surface area (Å²) >= 11 is 0. The van der Waals surface area contributed by atoms with E-state index in [9.17, 15) is 0 Å². The summed E-state index contributed by atoms with van der Waals surface area (Å²) in [5.41, 5.74) is 1.12. The Balaban J connectivity index is 1.71. The smallest absolute Gasteiger partial charge is 0.231 e. The first-order valence-corrected chi connectivity index (χ1v) is 5.78. The SMILES string of the molecule is CN(Cc1ccno1)Cc1cccc2c1OCO2. The maximum atomic E-state index is 5.48. The van der Waals surface area contributed by atoms with Crippen LogP contribution in [0.4, 0.5) is 0 Å².